The topological polar surface area (TPSA) is 81.1 Å². The van der Waals surface area contributed by atoms with Gasteiger partial charge in [-0.3, -0.25) is 14.7 Å². The van der Waals surface area contributed by atoms with Crippen molar-refractivity contribution in [3.8, 4) is 0 Å². The number of hydrogen-bond donors (Lipinski definition) is 1. The maximum absolute atomic E-state index is 5.15. The predicted molar refractivity (Wildman–Crippen MR) is 103 cm³/mol. The number of pyridine rings is 1. The van der Waals surface area contributed by atoms with Crippen LogP contribution in [0.15, 0.2) is 52.1 Å². The molecule has 1 N–H and O–H groups in total. The zero-order valence-corrected chi connectivity index (χ0v) is 15.1. The second-order valence-corrected chi connectivity index (χ2v) is 6.70. The fourth-order valence-electron chi connectivity index (χ4n) is 3.39. The number of aliphatic imine (C=N–C) groups is 1. The Balaban J connectivity index is 1.45. The Labute approximate surface area is 155 Å². The third kappa shape index (κ3) is 2.77. The molecule has 3 aromatic heterocycles. The van der Waals surface area contributed by atoms with Crippen LogP contribution in [0.5, 0.6) is 0 Å². The lowest BCUT2D eigenvalue weighted by molar-refractivity contribution is 0.387. The van der Waals surface area contributed by atoms with E-state index in [-0.39, 0.29) is 0 Å². The predicted octanol–water partition coefficient (Wildman–Crippen LogP) is 3.46. The molecule has 5 rings (SSSR count). The van der Waals surface area contributed by atoms with Gasteiger partial charge < -0.3 is 9.84 Å². The molecule has 1 aliphatic heterocycles. The van der Waals surface area contributed by atoms with Gasteiger partial charge in [0.15, 0.2) is 5.84 Å². The van der Waals surface area contributed by atoms with E-state index in [1.807, 2.05) is 35.9 Å². The van der Waals surface area contributed by atoms with Crippen molar-refractivity contribution in [3.63, 3.8) is 0 Å². The first-order valence-electron chi connectivity index (χ1n) is 8.82. The first kappa shape index (κ1) is 15.7. The Morgan fingerprint density at radius 1 is 1.19 bits per heavy atom. The van der Waals surface area contributed by atoms with Crippen molar-refractivity contribution in [3.05, 3.63) is 71.0 Å². The SMILES string of the molecule is Cc1cc(Cn2nc3ccc(NC4=NCc5cccnc54)cc3c2C)no1. The molecule has 1 aromatic carbocycles. The molecule has 0 bridgehead atoms. The van der Waals surface area contributed by atoms with Crippen LogP contribution in [0.2, 0.25) is 0 Å². The third-order valence-electron chi connectivity index (χ3n) is 4.78. The van der Waals surface area contributed by atoms with Crippen LogP contribution in [0.25, 0.3) is 10.9 Å². The highest BCUT2D eigenvalue weighted by Crippen LogP contribution is 2.24. The van der Waals surface area contributed by atoms with Crippen LogP contribution >= 0.6 is 0 Å². The molecular formula is C20H18N6O. The molecule has 1 aliphatic rings. The Hall–Kier alpha value is -3.48. The van der Waals surface area contributed by atoms with Crippen LogP contribution in [0.4, 0.5) is 5.69 Å². The lowest BCUT2D eigenvalue weighted by atomic mass is 10.2. The first-order chi connectivity index (χ1) is 13.2. The number of nitrogens with one attached hydrogen (secondary N) is 1. The second kappa shape index (κ2) is 6.05. The van der Waals surface area contributed by atoms with Crippen molar-refractivity contribution in [1.29, 1.82) is 0 Å². The molecule has 4 aromatic rings. The summed E-state index contributed by atoms with van der Waals surface area (Å²) in [5.74, 6) is 1.62. The average Bonchev–Trinajstić information content (AvgIpc) is 3.35. The van der Waals surface area contributed by atoms with Crippen LogP contribution in [-0.2, 0) is 13.1 Å². The van der Waals surface area contributed by atoms with Crippen LogP contribution in [-0.4, -0.2) is 25.8 Å². The number of benzene rings is 1. The molecule has 0 saturated carbocycles. The summed E-state index contributed by atoms with van der Waals surface area (Å²) < 4.78 is 7.11. The highest BCUT2D eigenvalue weighted by Gasteiger charge is 2.17. The Morgan fingerprint density at radius 3 is 2.96 bits per heavy atom. The Morgan fingerprint density at radius 2 is 2.11 bits per heavy atom. The Kier molecular flexibility index (Phi) is 3.53. The van der Waals surface area contributed by atoms with Crippen molar-refractivity contribution in [1.82, 2.24) is 19.9 Å². The maximum Gasteiger partial charge on any atom is 0.152 e. The number of fused-ring (bicyclic) bond motifs is 2. The van der Waals surface area contributed by atoms with Gasteiger partial charge in [-0.05, 0) is 38.1 Å². The van der Waals surface area contributed by atoms with E-state index in [9.17, 15) is 0 Å². The van der Waals surface area contributed by atoms with Gasteiger partial charge in [0.05, 0.1) is 18.6 Å². The van der Waals surface area contributed by atoms with Gasteiger partial charge >= 0.3 is 0 Å². The third-order valence-corrected chi connectivity index (χ3v) is 4.78. The summed E-state index contributed by atoms with van der Waals surface area (Å²) in [6.07, 6.45) is 1.80. The summed E-state index contributed by atoms with van der Waals surface area (Å²) in [5, 5.41) is 13.2. The molecule has 7 heteroatoms. The second-order valence-electron chi connectivity index (χ2n) is 6.70. The van der Waals surface area contributed by atoms with Gasteiger partial charge in [-0.15, -0.1) is 0 Å². The van der Waals surface area contributed by atoms with Gasteiger partial charge in [0.2, 0.25) is 0 Å². The molecule has 0 aliphatic carbocycles. The molecule has 0 saturated heterocycles. The molecule has 134 valence electrons. The molecule has 0 radical (unpaired) electrons. The van der Waals surface area contributed by atoms with Gasteiger partial charge in [-0.1, -0.05) is 11.2 Å². The molecule has 0 spiro atoms. The zero-order valence-electron chi connectivity index (χ0n) is 15.1. The highest BCUT2D eigenvalue weighted by molar-refractivity contribution is 6.09. The van der Waals surface area contributed by atoms with Crippen molar-refractivity contribution < 1.29 is 4.52 Å². The summed E-state index contributed by atoms with van der Waals surface area (Å²) in [6, 6.07) is 12.1. The number of rotatable bonds is 3. The first-order valence-corrected chi connectivity index (χ1v) is 8.82. The van der Waals surface area contributed by atoms with Crippen LogP contribution in [0, 0.1) is 13.8 Å². The van der Waals surface area contributed by atoms with Crippen molar-refractivity contribution in [2.75, 3.05) is 5.32 Å². The smallest absolute Gasteiger partial charge is 0.152 e. The summed E-state index contributed by atoms with van der Waals surface area (Å²) in [5.41, 5.74) is 5.94. The van der Waals surface area contributed by atoms with E-state index in [0.29, 0.717) is 13.1 Å². The van der Waals surface area contributed by atoms with Gasteiger partial charge in [-0.2, -0.15) is 5.10 Å². The normalized spacial score (nSPS) is 13.0. The van der Waals surface area contributed by atoms with Gasteiger partial charge in [0.1, 0.15) is 17.1 Å². The lowest BCUT2D eigenvalue weighted by Gasteiger charge is -2.07. The molecule has 0 amide bonds. The van der Waals surface area contributed by atoms with Crippen molar-refractivity contribution in [2.24, 2.45) is 4.99 Å². The van der Waals surface area contributed by atoms with Crippen molar-refractivity contribution in [2.45, 2.75) is 26.9 Å². The quantitative estimate of drug-likeness (QED) is 0.606. The minimum Gasteiger partial charge on any atom is -0.361 e. The minimum atomic E-state index is 0.588. The number of aromatic nitrogens is 4. The summed E-state index contributed by atoms with van der Waals surface area (Å²) in [4.78, 5) is 9.01. The lowest BCUT2D eigenvalue weighted by Crippen LogP contribution is -2.13. The van der Waals surface area contributed by atoms with Crippen molar-refractivity contribution >= 4 is 22.4 Å². The molecular weight excluding hydrogens is 340 g/mol. The van der Waals surface area contributed by atoms with Gasteiger partial charge in [-0.25, -0.2) is 0 Å². The van der Waals surface area contributed by atoms with Gasteiger partial charge in [0.25, 0.3) is 0 Å². The van der Waals surface area contributed by atoms with E-state index in [0.717, 1.165) is 50.8 Å². The van der Waals surface area contributed by atoms with Gasteiger partial charge in [0, 0.05) is 34.6 Å². The van der Waals surface area contributed by atoms with E-state index >= 15 is 0 Å². The zero-order chi connectivity index (χ0) is 18.4. The number of hydrogen-bond acceptors (Lipinski definition) is 6. The fourth-order valence-corrected chi connectivity index (χ4v) is 3.39. The molecule has 0 atom stereocenters. The van der Waals surface area contributed by atoms with Crippen LogP contribution < -0.4 is 5.32 Å². The minimum absolute atomic E-state index is 0.588. The summed E-state index contributed by atoms with van der Waals surface area (Å²) in [6.45, 7) is 5.21. The Bertz CT molecular complexity index is 1190. The molecule has 0 fully saturated rings. The van der Waals surface area contributed by atoms with Crippen LogP contribution in [0.3, 0.4) is 0 Å². The molecule has 0 unspecified atom stereocenters. The average molecular weight is 358 g/mol. The largest absolute Gasteiger partial charge is 0.361 e. The standard InChI is InChI=1S/C20H18N6O/c1-12-8-16(25-27-12)11-26-13(2)17-9-15(5-6-18(17)24-26)23-20-19-14(10-22-20)4-3-7-21-19/h3-9H,10-11H2,1-2H3,(H,22,23). The number of anilines is 1. The number of nitrogens with zero attached hydrogens (tertiary/aromatic N) is 5. The molecule has 7 nitrogen and oxygen atoms in total. The summed E-state index contributed by atoms with van der Waals surface area (Å²) >= 11 is 0. The summed E-state index contributed by atoms with van der Waals surface area (Å²) in [7, 11) is 0. The van der Waals surface area contributed by atoms with E-state index in [1.54, 1.807) is 6.20 Å². The highest BCUT2D eigenvalue weighted by atomic mass is 16.5. The maximum atomic E-state index is 5.15. The molecule has 27 heavy (non-hydrogen) atoms. The number of aryl methyl sites for hydroxylation is 2. The fraction of sp³-hybridized carbons (Fsp3) is 0.200. The van der Waals surface area contributed by atoms with Crippen LogP contribution in [0.1, 0.15) is 28.4 Å². The van der Waals surface area contributed by atoms with E-state index in [2.05, 4.69) is 39.5 Å². The van der Waals surface area contributed by atoms with E-state index in [4.69, 9.17) is 9.62 Å². The van der Waals surface area contributed by atoms with E-state index < -0.39 is 0 Å². The molecule has 4 heterocycles. The number of amidine groups is 1. The van der Waals surface area contributed by atoms with E-state index in [1.165, 1.54) is 0 Å². The monoisotopic (exact) mass is 358 g/mol.